The molecule has 0 aromatic heterocycles. The average molecular weight is 471 g/mol. The highest BCUT2D eigenvalue weighted by atomic mass is 35.5. The Balaban J connectivity index is 2.11. The van der Waals surface area contributed by atoms with E-state index in [9.17, 15) is 18.0 Å². The topological polar surface area (TPSA) is 111 Å². The molecule has 0 saturated carbocycles. The van der Waals surface area contributed by atoms with Gasteiger partial charge in [-0.05, 0) is 37.3 Å². The van der Waals surface area contributed by atoms with E-state index in [1.807, 2.05) is 0 Å². The van der Waals surface area contributed by atoms with Crippen molar-refractivity contribution in [3.63, 3.8) is 0 Å². The number of anilines is 1. The van der Waals surface area contributed by atoms with E-state index in [4.69, 9.17) is 25.8 Å². The van der Waals surface area contributed by atoms with Gasteiger partial charge in [0.2, 0.25) is 15.9 Å². The first kappa shape index (κ1) is 24.4. The number of ether oxygens (including phenoxy) is 3. The van der Waals surface area contributed by atoms with Gasteiger partial charge < -0.3 is 19.5 Å². The largest absolute Gasteiger partial charge is 0.493 e. The van der Waals surface area contributed by atoms with Gasteiger partial charge in [-0.1, -0.05) is 11.6 Å². The van der Waals surface area contributed by atoms with E-state index in [0.717, 1.165) is 4.31 Å². The van der Waals surface area contributed by atoms with Gasteiger partial charge in [-0.25, -0.2) is 13.2 Å². The quantitative estimate of drug-likeness (QED) is 0.561. The standard InChI is InChI=1S/C20H23ClN2O7S/c1-5-30-20(25)15-8-6-13(10-16(15)21)22-19(24)12-23(2)31(26,27)14-7-9-17(28-3)18(11-14)29-4/h6-11H,5,12H2,1-4H3,(H,22,24). The fourth-order valence-corrected chi connectivity index (χ4v) is 4.01. The summed E-state index contributed by atoms with van der Waals surface area (Å²) in [4.78, 5) is 24.1. The molecule has 0 saturated heterocycles. The summed E-state index contributed by atoms with van der Waals surface area (Å²) >= 11 is 6.07. The molecule has 0 bridgehead atoms. The molecule has 168 valence electrons. The molecule has 1 amide bonds. The molecule has 2 aromatic rings. The van der Waals surface area contributed by atoms with Crippen LogP contribution in [-0.4, -0.2) is 59.0 Å². The number of carbonyl (C=O) groups excluding carboxylic acids is 2. The Bertz CT molecular complexity index is 1070. The predicted octanol–water partition coefficient (Wildman–Crippen LogP) is 2.79. The molecule has 0 radical (unpaired) electrons. The van der Waals surface area contributed by atoms with Crippen molar-refractivity contribution in [3.8, 4) is 11.5 Å². The molecule has 1 N–H and O–H groups in total. The van der Waals surface area contributed by atoms with Gasteiger partial charge in [-0.3, -0.25) is 4.79 Å². The summed E-state index contributed by atoms with van der Waals surface area (Å²) in [6.07, 6.45) is 0. The second kappa shape index (κ2) is 10.5. The number of methoxy groups -OCH3 is 2. The smallest absolute Gasteiger partial charge is 0.339 e. The van der Waals surface area contributed by atoms with Crippen LogP contribution in [0.4, 0.5) is 5.69 Å². The molecule has 0 fully saturated rings. The van der Waals surface area contributed by atoms with E-state index in [-0.39, 0.29) is 27.8 Å². The molecule has 2 aromatic carbocycles. The Morgan fingerprint density at radius 1 is 1.06 bits per heavy atom. The molecule has 0 spiro atoms. The number of esters is 1. The number of carbonyl (C=O) groups is 2. The highest BCUT2D eigenvalue weighted by Gasteiger charge is 2.24. The molecule has 0 aliphatic carbocycles. The first-order valence-corrected chi connectivity index (χ1v) is 10.9. The molecule has 0 unspecified atom stereocenters. The number of likely N-dealkylation sites (N-methyl/N-ethyl adjacent to an activating group) is 1. The van der Waals surface area contributed by atoms with Gasteiger partial charge in [-0.15, -0.1) is 0 Å². The van der Waals surface area contributed by atoms with Crippen molar-refractivity contribution in [2.75, 3.05) is 39.7 Å². The van der Waals surface area contributed by atoms with Crippen molar-refractivity contribution in [2.45, 2.75) is 11.8 Å². The first-order chi connectivity index (χ1) is 14.6. The second-order valence-corrected chi connectivity index (χ2v) is 8.69. The van der Waals surface area contributed by atoms with Gasteiger partial charge in [0.25, 0.3) is 0 Å². The molecule has 31 heavy (non-hydrogen) atoms. The maximum atomic E-state index is 12.8. The van der Waals surface area contributed by atoms with E-state index < -0.39 is 28.4 Å². The third-order valence-electron chi connectivity index (χ3n) is 4.18. The number of benzene rings is 2. The Kier molecular flexibility index (Phi) is 8.26. The number of nitrogens with zero attached hydrogens (tertiary/aromatic N) is 1. The molecular formula is C20H23ClN2O7S. The van der Waals surface area contributed by atoms with Crippen molar-refractivity contribution in [2.24, 2.45) is 0 Å². The zero-order valence-electron chi connectivity index (χ0n) is 17.5. The van der Waals surface area contributed by atoms with Crippen LogP contribution >= 0.6 is 11.6 Å². The minimum atomic E-state index is -3.97. The van der Waals surface area contributed by atoms with Crippen LogP contribution in [0.1, 0.15) is 17.3 Å². The van der Waals surface area contributed by atoms with Crippen LogP contribution in [0.25, 0.3) is 0 Å². The van der Waals surface area contributed by atoms with Gasteiger partial charge >= 0.3 is 5.97 Å². The highest BCUT2D eigenvalue weighted by Crippen LogP contribution is 2.30. The lowest BCUT2D eigenvalue weighted by Gasteiger charge is -2.18. The van der Waals surface area contributed by atoms with Gasteiger partial charge in [-0.2, -0.15) is 4.31 Å². The number of halogens is 1. The molecule has 9 nitrogen and oxygen atoms in total. The second-order valence-electron chi connectivity index (χ2n) is 6.24. The number of amides is 1. The summed E-state index contributed by atoms with van der Waals surface area (Å²) in [5.41, 5.74) is 0.467. The SMILES string of the molecule is CCOC(=O)c1ccc(NC(=O)CN(C)S(=O)(=O)c2ccc(OC)c(OC)c2)cc1Cl. The zero-order valence-corrected chi connectivity index (χ0v) is 19.0. The Morgan fingerprint density at radius 3 is 2.32 bits per heavy atom. The Labute approximate surface area is 185 Å². The summed E-state index contributed by atoms with van der Waals surface area (Å²) in [5.74, 6) is -0.541. The van der Waals surface area contributed by atoms with Crippen molar-refractivity contribution >= 4 is 39.2 Å². The summed E-state index contributed by atoms with van der Waals surface area (Å²) < 4.78 is 41.6. The van der Waals surface area contributed by atoms with Crippen molar-refractivity contribution < 1.29 is 32.2 Å². The third-order valence-corrected chi connectivity index (χ3v) is 6.29. The summed E-state index contributed by atoms with van der Waals surface area (Å²) in [7, 11) is 0.145. The molecular weight excluding hydrogens is 448 g/mol. The van der Waals surface area contributed by atoms with E-state index in [1.54, 1.807) is 6.92 Å². The van der Waals surface area contributed by atoms with E-state index in [1.165, 1.54) is 57.7 Å². The van der Waals surface area contributed by atoms with Crippen molar-refractivity contribution in [3.05, 3.63) is 47.0 Å². The number of hydrogen-bond donors (Lipinski definition) is 1. The summed E-state index contributed by atoms with van der Waals surface area (Å²) in [6, 6.07) is 8.41. The van der Waals surface area contributed by atoms with Crippen molar-refractivity contribution in [1.29, 1.82) is 0 Å². The lowest BCUT2D eigenvalue weighted by Crippen LogP contribution is -2.35. The fraction of sp³-hybridized carbons (Fsp3) is 0.300. The lowest BCUT2D eigenvalue weighted by molar-refractivity contribution is -0.116. The van der Waals surface area contributed by atoms with Gasteiger partial charge in [0, 0.05) is 18.8 Å². The molecule has 2 rings (SSSR count). The van der Waals surface area contributed by atoms with E-state index in [0.29, 0.717) is 11.4 Å². The fourth-order valence-electron chi connectivity index (χ4n) is 2.61. The highest BCUT2D eigenvalue weighted by molar-refractivity contribution is 7.89. The average Bonchev–Trinajstić information content (AvgIpc) is 2.73. The maximum absolute atomic E-state index is 12.8. The number of sulfonamides is 1. The monoisotopic (exact) mass is 470 g/mol. The van der Waals surface area contributed by atoms with E-state index >= 15 is 0 Å². The van der Waals surface area contributed by atoms with Crippen LogP contribution in [0.2, 0.25) is 5.02 Å². The summed E-state index contributed by atoms with van der Waals surface area (Å²) in [5, 5.41) is 2.65. The number of hydrogen-bond acceptors (Lipinski definition) is 7. The molecule has 0 aliphatic heterocycles. The van der Waals surface area contributed by atoms with Crippen molar-refractivity contribution in [1.82, 2.24) is 4.31 Å². The Hall–Kier alpha value is -2.82. The molecule has 0 atom stereocenters. The Morgan fingerprint density at radius 2 is 1.74 bits per heavy atom. The van der Waals surface area contributed by atoms with Gasteiger partial charge in [0.15, 0.2) is 11.5 Å². The van der Waals surface area contributed by atoms with Crippen LogP contribution in [0.5, 0.6) is 11.5 Å². The van der Waals surface area contributed by atoms with Crippen LogP contribution in [0.3, 0.4) is 0 Å². The third kappa shape index (κ3) is 5.87. The minimum Gasteiger partial charge on any atom is -0.493 e. The molecule has 0 aliphatic rings. The van der Waals surface area contributed by atoms with Crippen LogP contribution in [-0.2, 0) is 19.6 Å². The summed E-state index contributed by atoms with van der Waals surface area (Å²) in [6.45, 7) is 1.43. The van der Waals surface area contributed by atoms with Crippen LogP contribution < -0.4 is 14.8 Å². The van der Waals surface area contributed by atoms with Gasteiger partial charge in [0.05, 0.1) is 42.9 Å². The van der Waals surface area contributed by atoms with Gasteiger partial charge in [0.1, 0.15) is 0 Å². The maximum Gasteiger partial charge on any atom is 0.339 e. The zero-order chi connectivity index (χ0) is 23.2. The lowest BCUT2D eigenvalue weighted by atomic mass is 10.2. The van der Waals surface area contributed by atoms with Crippen LogP contribution in [0.15, 0.2) is 41.3 Å². The first-order valence-electron chi connectivity index (χ1n) is 9.08. The van der Waals surface area contributed by atoms with E-state index in [2.05, 4.69) is 5.32 Å². The van der Waals surface area contributed by atoms with Crippen LogP contribution in [0, 0.1) is 0 Å². The number of nitrogens with one attached hydrogen (secondary N) is 1. The molecule has 0 heterocycles. The predicted molar refractivity (Wildman–Crippen MR) is 115 cm³/mol. The molecule has 11 heteroatoms. The normalized spacial score (nSPS) is 11.2. The minimum absolute atomic E-state index is 0.0534. The number of rotatable bonds is 9.